The van der Waals surface area contributed by atoms with Crippen molar-refractivity contribution in [1.29, 1.82) is 0 Å². The van der Waals surface area contributed by atoms with Crippen molar-refractivity contribution in [3.8, 4) is 0 Å². The Morgan fingerprint density at radius 3 is 2.30 bits per heavy atom. The Morgan fingerprint density at radius 1 is 1.35 bits per heavy atom. The molecule has 0 saturated heterocycles. The van der Waals surface area contributed by atoms with Crippen LogP contribution < -0.4 is 0 Å². The topological polar surface area (TPSA) is 69.4 Å². The lowest BCUT2D eigenvalue weighted by Crippen LogP contribution is -2.55. The van der Waals surface area contributed by atoms with Gasteiger partial charge in [-0.2, -0.15) is 0 Å². The van der Waals surface area contributed by atoms with Crippen molar-refractivity contribution in [2.24, 2.45) is 0 Å². The average molecular weight is 285 g/mol. The molecule has 1 fully saturated rings. The third-order valence-corrected chi connectivity index (χ3v) is 3.42. The van der Waals surface area contributed by atoms with Gasteiger partial charge in [0.05, 0.1) is 11.5 Å². The summed E-state index contributed by atoms with van der Waals surface area (Å²) in [6, 6.07) is 5.08. The maximum Gasteiger partial charge on any atom is 0.317 e. The lowest BCUT2D eigenvalue weighted by Gasteiger charge is -2.45. The first-order chi connectivity index (χ1) is 9.31. The monoisotopic (exact) mass is 285 g/mol. The fraction of sp³-hybridized carbons (Fsp3) is 0.462. The number of alkyl halides is 2. The Hall–Kier alpha value is -2.05. The van der Waals surface area contributed by atoms with E-state index in [4.69, 9.17) is 4.74 Å². The second-order valence-electron chi connectivity index (χ2n) is 4.82. The third kappa shape index (κ3) is 2.35. The summed E-state index contributed by atoms with van der Waals surface area (Å²) in [5.41, 5.74) is -1.22. The molecule has 1 aliphatic rings. The van der Waals surface area contributed by atoms with Crippen LogP contribution in [-0.4, -0.2) is 23.4 Å². The summed E-state index contributed by atoms with van der Waals surface area (Å²) < 4.78 is 31.3. The van der Waals surface area contributed by atoms with Gasteiger partial charge in [0.2, 0.25) is 0 Å². The first kappa shape index (κ1) is 14.4. The summed E-state index contributed by atoms with van der Waals surface area (Å²) in [5, 5.41) is 10.6. The number of nitro groups is 1. The number of benzene rings is 1. The van der Waals surface area contributed by atoms with Gasteiger partial charge in [0.15, 0.2) is 0 Å². The van der Waals surface area contributed by atoms with Crippen molar-refractivity contribution in [1.82, 2.24) is 0 Å². The van der Waals surface area contributed by atoms with Gasteiger partial charge in [-0.05, 0) is 12.5 Å². The highest BCUT2D eigenvalue weighted by molar-refractivity contribution is 5.85. The lowest BCUT2D eigenvalue weighted by molar-refractivity contribution is -0.384. The summed E-state index contributed by atoms with van der Waals surface area (Å²) in [5.74, 6) is -3.62. The number of halogens is 2. The zero-order chi connectivity index (χ0) is 15.0. The summed E-state index contributed by atoms with van der Waals surface area (Å²) in [7, 11) is 0. The number of nitro benzene ring substituents is 1. The molecule has 5 nitrogen and oxygen atoms in total. The molecule has 7 heteroatoms. The van der Waals surface area contributed by atoms with Gasteiger partial charge in [0.1, 0.15) is 5.41 Å². The molecule has 1 aromatic rings. The molecule has 108 valence electrons. The maximum atomic E-state index is 13.2. The van der Waals surface area contributed by atoms with Crippen LogP contribution in [0, 0.1) is 10.1 Å². The van der Waals surface area contributed by atoms with Gasteiger partial charge in [-0.1, -0.05) is 12.1 Å². The molecular weight excluding hydrogens is 272 g/mol. The lowest BCUT2D eigenvalue weighted by atomic mass is 9.62. The minimum atomic E-state index is -2.91. The van der Waals surface area contributed by atoms with Gasteiger partial charge in [-0.15, -0.1) is 0 Å². The number of hydrogen-bond donors (Lipinski definition) is 0. The number of non-ortho nitro benzene ring substituents is 1. The minimum Gasteiger partial charge on any atom is -0.465 e. The highest BCUT2D eigenvalue weighted by Gasteiger charge is 2.62. The smallest absolute Gasteiger partial charge is 0.317 e. The third-order valence-electron chi connectivity index (χ3n) is 3.42. The number of nitrogens with zero attached hydrogens (tertiary/aromatic N) is 1. The molecule has 0 aromatic heterocycles. The Labute approximate surface area is 113 Å². The van der Waals surface area contributed by atoms with Crippen LogP contribution in [0.15, 0.2) is 24.3 Å². The SMILES string of the molecule is CCOC(=O)C1(c2ccc([N+](=O)[O-])cc2)CC(F)(F)C1. The van der Waals surface area contributed by atoms with E-state index >= 15 is 0 Å². The van der Waals surface area contributed by atoms with Crippen LogP contribution in [0.1, 0.15) is 25.3 Å². The zero-order valence-corrected chi connectivity index (χ0v) is 10.8. The molecule has 0 amide bonds. The van der Waals surface area contributed by atoms with Crippen molar-refractivity contribution in [3.63, 3.8) is 0 Å². The fourth-order valence-corrected chi connectivity index (χ4v) is 2.47. The van der Waals surface area contributed by atoms with Crippen LogP contribution >= 0.6 is 0 Å². The van der Waals surface area contributed by atoms with E-state index in [2.05, 4.69) is 0 Å². The van der Waals surface area contributed by atoms with E-state index in [1.165, 1.54) is 24.3 Å². The fourth-order valence-electron chi connectivity index (χ4n) is 2.47. The van der Waals surface area contributed by atoms with Crippen LogP contribution in [-0.2, 0) is 14.9 Å². The van der Waals surface area contributed by atoms with Crippen LogP contribution in [0.3, 0.4) is 0 Å². The molecule has 0 aliphatic heterocycles. The van der Waals surface area contributed by atoms with E-state index in [0.29, 0.717) is 5.56 Å². The number of rotatable bonds is 4. The summed E-state index contributed by atoms with van der Waals surface area (Å²) in [4.78, 5) is 22.0. The molecule has 0 heterocycles. The number of carbonyl (C=O) groups excluding carboxylic acids is 1. The molecule has 0 radical (unpaired) electrons. The first-order valence-corrected chi connectivity index (χ1v) is 6.11. The molecule has 1 aliphatic carbocycles. The number of esters is 1. The van der Waals surface area contributed by atoms with E-state index < -0.39 is 35.1 Å². The molecule has 1 aromatic carbocycles. The Kier molecular flexibility index (Phi) is 3.45. The van der Waals surface area contributed by atoms with Gasteiger partial charge in [-0.3, -0.25) is 14.9 Å². The summed E-state index contributed by atoms with van der Waals surface area (Å²) in [6.45, 7) is 1.69. The Balaban J connectivity index is 2.33. The maximum absolute atomic E-state index is 13.2. The van der Waals surface area contributed by atoms with Crippen molar-refractivity contribution in [2.45, 2.75) is 31.1 Å². The molecule has 0 bridgehead atoms. The average Bonchev–Trinajstić information content (AvgIpc) is 2.35. The van der Waals surface area contributed by atoms with Gasteiger partial charge in [-0.25, -0.2) is 8.78 Å². The summed E-state index contributed by atoms with van der Waals surface area (Å²) >= 11 is 0. The standard InChI is InChI=1S/C13H13F2NO4/c1-2-20-11(17)12(7-13(14,15)8-12)9-3-5-10(6-4-9)16(18)19/h3-6H,2,7-8H2,1H3. The van der Waals surface area contributed by atoms with Crippen LogP contribution in [0.5, 0.6) is 0 Å². The van der Waals surface area contributed by atoms with E-state index in [9.17, 15) is 23.7 Å². The van der Waals surface area contributed by atoms with E-state index in [1.54, 1.807) is 6.92 Å². The largest absolute Gasteiger partial charge is 0.465 e. The second kappa shape index (κ2) is 4.81. The Morgan fingerprint density at radius 2 is 1.90 bits per heavy atom. The molecule has 1 saturated carbocycles. The van der Waals surface area contributed by atoms with Crippen molar-refractivity contribution in [3.05, 3.63) is 39.9 Å². The minimum absolute atomic E-state index is 0.0964. The van der Waals surface area contributed by atoms with Gasteiger partial charge in [0.25, 0.3) is 11.6 Å². The number of ether oxygens (including phenoxy) is 1. The van der Waals surface area contributed by atoms with Crippen molar-refractivity contribution >= 4 is 11.7 Å². The van der Waals surface area contributed by atoms with E-state index in [-0.39, 0.29) is 12.3 Å². The molecule has 0 spiro atoms. The van der Waals surface area contributed by atoms with Crippen LogP contribution in [0.25, 0.3) is 0 Å². The number of hydrogen-bond acceptors (Lipinski definition) is 4. The second-order valence-corrected chi connectivity index (χ2v) is 4.82. The van der Waals surface area contributed by atoms with E-state index in [1.807, 2.05) is 0 Å². The molecular formula is C13H13F2NO4. The predicted octanol–water partition coefficient (Wildman–Crippen LogP) is 2.82. The van der Waals surface area contributed by atoms with Gasteiger partial charge in [0, 0.05) is 25.0 Å². The van der Waals surface area contributed by atoms with Crippen LogP contribution in [0.4, 0.5) is 14.5 Å². The Bertz CT molecular complexity index is 534. The zero-order valence-electron chi connectivity index (χ0n) is 10.8. The van der Waals surface area contributed by atoms with Gasteiger partial charge >= 0.3 is 5.97 Å². The first-order valence-electron chi connectivity index (χ1n) is 6.11. The molecule has 0 atom stereocenters. The van der Waals surface area contributed by atoms with E-state index in [0.717, 1.165) is 0 Å². The quantitative estimate of drug-likeness (QED) is 0.484. The molecule has 20 heavy (non-hydrogen) atoms. The summed E-state index contributed by atoms with van der Waals surface area (Å²) in [6.07, 6.45) is -1.26. The molecule has 2 rings (SSSR count). The van der Waals surface area contributed by atoms with Gasteiger partial charge < -0.3 is 4.74 Å². The highest BCUT2D eigenvalue weighted by atomic mass is 19.3. The number of carbonyl (C=O) groups is 1. The van der Waals surface area contributed by atoms with Crippen molar-refractivity contribution < 1.29 is 23.2 Å². The molecule has 0 N–H and O–H groups in total. The van der Waals surface area contributed by atoms with Crippen molar-refractivity contribution in [2.75, 3.05) is 6.61 Å². The normalized spacial score (nSPS) is 18.9. The predicted molar refractivity (Wildman–Crippen MR) is 65.6 cm³/mol. The van der Waals surface area contributed by atoms with Crippen LogP contribution in [0.2, 0.25) is 0 Å². The molecule has 0 unspecified atom stereocenters. The highest BCUT2D eigenvalue weighted by Crippen LogP contribution is 2.54.